The number of carboxylic acids is 2. The minimum Gasteiger partial charge on any atom is -0.544 e. The molecule has 103 heavy (non-hydrogen) atoms. The third-order valence-electron chi connectivity index (χ3n) is 12.6. The zero-order chi connectivity index (χ0) is 79.7. The summed E-state index contributed by atoms with van der Waals surface area (Å²) in [4.78, 5) is 53.7. The van der Waals surface area contributed by atoms with E-state index in [9.17, 15) is 47.0 Å². The topological polar surface area (TPSA) is 151 Å². The second kappa shape index (κ2) is 53.4. The molecule has 0 N–H and O–H groups in total. The van der Waals surface area contributed by atoms with Gasteiger partial charge in [-0.05, 0) is 163 Å². The average molecular weight is 1470 g/mol. The van der Waals surface area contributed by atoms with E-state index in [1.807, 2.05) is 152 Å². The summed E-state index contributed by atoms with van der Waals surface area (Å²) in [6, 6.07) is 72.2. The van der Waals surface area contributed by atoms with Crippen LogP contribution in [0.1, 0.15) is 212 Å². The Hall–Kier alpha value is -8.34. The van der Waals surface area contributed by atoms with Gasteiger partial charge in [-0.2, -0.15) is 17.6 Å². The van der Waals surface area contributed by atoms with Crippen LogP contribution >= 0.6 is 0 Å². The molecule has 8 aromatic carbocycles. The molecule has 1 aliphatic rings. The molecule has 0 radical (unpaired) electrons. The van der Waals surface area contributed by atoms with Crippen molar-refractivity contribution in [2.24, 2.45) is 11.8 Å². The zero-order valence-corrected chi connectivity index (χ0v) is 67.8. The van der Waals surface area contributed by atoms with E-state index in [0.717, 1.165) is 6.42 Å². The Kier molecular flexibility index (Phi) is 51.3. The number of carbonyl (C=O) groups excluding carboxylic acids is 4. The smallest absolute Gasteiger partial charge is 0.338 e. The highest BCUT2D eigenvalue weighted by Crippen LogP contribution is 2.40. The summed E-state index contributed by atoms with van der Waals surface area (Å²) in [5.74, 6) is -16.6. The second-order valence-corrected chi connectivity index (χ2v) is 26.7. The van der Waals surface area contributed by atoms with E-state index >= 15 is 0 Å². The number of alkyl halides is 4. The Balaban J connectivity index is -0.00000121. The molecule has 0 saturated heterocycles. The fraction of sp³-hybridized carbons (Fsp3) is 0.402. The van der Waals surface area contributed by atoms with Crippen molar-refractivity contribution in [3.05, 3.63) is 241 Å². The summed E-state index contributed by atoms with van der Waals surface area (Å²) in [7, 11) is 0.0275. The molecule has 16 heteroatoms. The molecule has 1 aliphatic heterocycles. The summed E-state index contributed by atoms with van der Waals surface area (Å²) in [5, 5.41) is 21.2. The lowest BCUT2D eigenvalue weighted by molar-refractivity contribution is -0.338. The zero-order valence-electron chi connectivity index (χ0n) is 66.2. The van der Waals surface area contributed by atoms with Crippen molar-refractivity contribution in [2.45, 2.75) is 251 Å². The van der Waals surface area contributed by atoms with Gasteiger partial charge in [-0.15, -0.1) is 0 Å². The number of carboxylic acid groups (broad SMARTS) is 2. The minimum atomic E-state index is -4.28. The van der Waals surface area contributed by atoms with Crippen LogP contribution in [0.4, 0.5) is 17.6 Å². The van der Waals surface area contributed by atoms with Crippen molar-refractivity contribution < 1.29 is 65.9 Å². The molecular formula is C87H120F4O10S2. The molecule has 2 atom stereocenters. The highest BCUT2D eigenvalue weighted by Gasteiger charge is 2.47. The predicted octanol–water partition coefficient (Wildman–Crippen LogP) is 22.5. The van der Waals surface area contributed by atoms with Gasteiger partial charge in [-0.3, -0.25) is 0 Å². The normalized spacial score (nSPS) is 11.3. The molecular weight excluding hydrogens is 1350 g/mol. The van der Waals surface area contributed by atoms with Crippen LogP contribution in [0, 0.1) is 11.8 Å². The maximum Gasteiger partial charge on any atom is 0.338 e. The lowest BCUT2D eigenvalue weighted by Crippen LogP contribution is -2.53. The molecule has 0 saturated carbocycles. The van der Waals surface area contributed by atoms with E-state index in [0.29, 0.717) is 11.5 Å². The molecule has 0 amide bonds. The standard InChI is InChI=1S/C19H15S.C18H15S.2C17H22F2O5.8C2H6/c1-2-10-17(11-3-1)20-18-12-6-4-8-15(18)14-16-9-5-7-13-19(16)20;1-4-10-16(11-5-1)19(17-12-6-2-7-13-17)18-14-8-3-9-15-18;2*1-10(2)13(17(18,19)15(21)22)23-14(20)11-6-8-12(9-7-11)24-16(3,4)5;8*1-2/h1-13H,14H2;1-15H;2*6-10,13H,1-5H3,(H,21,22);8*1-2H3/q2*+1;;;;;;;;;;/p-2. The van der Waals surface area contributed by atoms with Crippen molar-refractivity contribution in [3.63, 3.8) is 0 Å². The number of halogens is 4. The maximum absolute atomic E-state index is 13.6. The van der Waals surface area contributed by atoms with Crippen molar-refractivity contribution >= 4 is 45.7 Å². The van der Waals surface area contributed by atoms with Crippen molar-refractivity contribution in [2.75, 3.05) is 0 Å². The summed E-state index contributed by atoms with van der Waals surface area (Å²) in [6.45, 7) is 48.4. The van der Waals surface area contributed by atoms with E-state index < -0.39 is 71.0 Å². The quantitative estimate of drug-likeness (QED) is 0.0519. The van der Waals surface area contributed by atoms with Gasteiger partial charge < -0.3 is 38.7 Å². The summed E-state index contributed by atoms with van der Waals surface area (Å²) in [5.41, 5.74) is 2.10. The lowest BCUT2D eigenvalue weighted by Gasteiger charge is -2.30. The van der Waals surface area contributed by atoms with Crippen LogP contribution in [0.5, 0.6) is 11.5 Å². The van der Waals surface area contributed by atoms with Crippen LogP contribution in [0.2, 0.25) is 0 Å². The third-order valence-corrected chi connectivity index (χ3v) is 17.3. The van der Waals surface area contributed by atoms with Crippen LogP contribution < -0.4 is 19.7 Å². The van der Waals surface area contributed by atoms with Gasteiger partial charge in [0.2, 0.25) is 0 Å². The van der Waals surface area contributed by atoms with Gasteiger partial charge in [0.15, 0.2) is 41.6 Å². The number of aliphatic carboxylic acids is 2. The fourth-order valence-corrected chi connectivity index (χ4v) is 13.3. The van der Waals surface area contributed by atoms with E-state index in [4.69, 9.17) is 18.9 Å². The Morgan fingerprint density at radius 2 is 0.612 bits per heavy atom. The molecule has 0 aliphatic carbocycles. The van der Waals surface area contributed by atoms with Gasteiger partial charge in [0.05, 0.1) is 32.9 Å². The van der Waals surface area contributed by atoms with Crippen LogP contribution in [0.3, 0.4) is 0 Å². The SMILES string of the molecule is CC.CC.CC.CC.CC.CC.CC.CC.CC(C)C(OC(=O)c1ccc(OC(C)(C)C)cc1)C(F)(F)C(=O)[O-].CC(C)C(OC(=O)c1ccc(OC(C)(C)C)cc1)C(F)(F)C(=O)[O-].c1ccc([S+](c2ccccc2)c2ccccc2)cc1.c1ccc([S+]2c3ccccc3Cc3ccccc32)cc1. The van der Waals surface area contributed by atoms with Gasteiger partial charge >= 0.3 is 23.8 Å². The van der Waals surface area contributed by atoms with Crippen molar-refractivity contribution in [3.8, 4) is 11.5 Å². The number of hydrogen-bond donors (Lipinski definition) is 0. The van der Waals surface area contributed by atoms with Gasteiger partial charge in [-0.25, -0.2) is 9.59 Å². The number of rotatable bonds is 16. The first-order valence-corrected chi connectivity index (χ1v) is 38.6. The molecule has 0 spiro atoms. The van der Waals surface area contributed by atoms with Crippen LogP contribution in [0.25, 0.3) is 0 Å². The lowest BCUT2D eigenvalue weighted by atomic mass is 10.0. The summed E-state index contributed by atoms with van der Waals surface area (Å²) < 4.78 is 75.1. The van der Waals surface area contributed by atoms with Gasteiger partial charge in [-0.1, -0.05) is 248 Å². The molecule has 9 rings (SSSR count). The van der Waals surface area contributed by atoms with Crippen LogP contribution in [0.15, 0.2) is 248 Å². The van der Waals surface area contributed by atoms with E-state index in [2.05, 4.69) is 170 Å². The molecule has 10 nitrogen and oxygen atoms in total. The van der Waals surface area contributed by atoms with Gasteiger partial charge in [0.1, 0.15) is 34.6 Å². The highest BCUT2D eigenvalue weighted by atomic mass is 32.2. The Bertz CT molecular complexity index is 3240. The molecule has 0 fully saturated rings. The maximum atomic E-state index is 13.6. The largest absolute Gasteiger partial charge is 0.544 e. The molecule has 1 heterocycles. The predicted molar refractivity (Wildman–Crippen MR) is 418 cm³/mol. The molecule has 568 valence electrons. The third kappa shape index (κ3) is 34.2. The minimum absolute atomic E-state index is 0.0102. The molecule has 0 aromatic heterocycles. The first-order chi connectivity index (χ1) is 49.1. The molecule has 8 aromatic rings. The van der Waals surface area contributed by atoms with E-state index in [1.165, 1.54) is 117 Å². The molecule has 0 bridgehead atoms. The fourth-order valence-electron chi connectivity index (χ4n) is 8.79. The first kappa shape index (κ1) is 98.8. The Morgan fingerprint density at radius 3 is 0.854 bits per heavy atom. The summed E-state index contributed by atoms with van der Waals surface area (Å²) >= 11 is 0. The van der Waals surface area contributed by atoms with Crippen molar-refractivity contribution in [1.29, 1.82) is 0 Å². The second-order valence-electron chi connectivity index (χ2n) is 22.7. The average Bonchev–Trinajstić information content (AvgIpc) is 0.766. The first-order valence-electron chi connectivity index (χ1n) is 36.1. The van der Waals surface area contributed by atoms with Crippen molar-refractivity contribution in [1.82, 2.24) is 0 Å². The Labute approximate surface area is 623 Å². The number of hydrogen-bond acceptors (Lipinski definition) is 10. The van der Waals surface area contributed by atoms with Crippen LogP contribution in [-0.2, 0) is 47.3 Å². The number of ether oxygens (including phenoxy) is 4. The van der Waals surface area contributed by atoms with E-state index in [1.54, 1.807) is 0 Å². The number of carbonyl (C=O) groups is 4. The summed E-state index contributed by atoms with van der Waals surface area (Å²) in [6.07, 6.45) is -3.19. The highest BCUT2D eigenvalue weighted by molar-refractivity contribution is 7.97. The van der Waals surface area contributed by atoms with Crippen LogP contribution in [-0.4, -0.2) is 59.1 Å². The Morgan fingerprint density at radius 1 is 0.369 bits per heavy atom. The number of benzene rings is 8. The van der Waals surface area contributed by atoms with E-state index in [-0.39, 0.29) is 32.9 Å². The van der Waals surface area contributed by atoms with Gasteiger partial charge in [0, 0.05) is 17.5 Å². The number of fused-ring (bicyclic) bond motifs is 2. The molecule has 2 unspecified atom stereocenters. The van der Waals surface area contributed by atoms with Gasteiger partial charge in [0.25, 0.3) is 0 Å². The number of esters is 2. The monoisotopic (exact) mass is 1460 g/mol.